The molecule has 0 aliphatic heterocycles. The second-order valence-electron chi connectivity index (χ2n) is 5.08. The van der Waals surface area contributed by atoms with Gasteiger partial charge in [0.2, 0.25) is 0 Å². The number of methoxy groups -OCH3 is 2. The molecular weight excluding hydrogens is 310 g/mol. The van der Waals surface area contributed by atoms with Gasteiger partial charge in [-0.25, -0.2) is 0 Å². The molecule has 1 N–H and O–H groups in total. The van der Waals surface area contributed by atoms with Crippen molar-refractivity contribution in [3.63, 3.8) is 0 Å². The number of amides is 1. The Morgan fingerprint density at radius 2 is 1.71 bits per heavy atom. The van der Waals surface area contributed by atoms with Crippen molar-refractivity contribution in [1.82, 2.24) is 5.32 Å². The van der Waals surface area contributed by atoms with Crippen LogP contribution in [0.3, 0.4) is 0 Å². The van der Waals surface area contributed by atoms with Crippen LogP contribution in [0.5, 0.6) is 11.5 Å². The van der Waals surface area contributed by atoms with Crippen molar-refractivity contribution in [2.24, 2.45) is 0 Å². The molecule has 24 heavy (non-hydrogen) atoms. The minimum Gasteiger partial charge on any atom is -0.550 e. The fourth-order valence-electron chi connectivity index (χ4n) is 2.32. The molecule has 126 valence electrons. The maximum atomic E-state index is 12.3. The summed E-state index contributed by atoms with van der Waals surface area (Å²) in [5.41, 5.74) is 1.03. The van der Waals surface area contributed by atoms with E-state index in [-0.39, 0.29) is 12.3 Å². The summed E-state index contributed by atoms with van der Waals surface area (Å²) >= 11 is 0. The third-order valence-corrected chi connectivity index (χ3v) is 3.52. The van der Waals surface area contributed by atoms with Crippen molar-refractivity contribution in [2.75, 3.05) is 14.2 Å². The van der Waals surface area contributed by atoms with Crippen LogP contribution < -0.4 is 19.9 Å². The van der Waals surface area contributed by atoms with E-state index in [2.05, 4.69) is 5.32 Å². The number of carbonyl (C=O) groups excluding carboxylic acids is 2. The first kappa shape index (κ1) is 17.3. The van der Waals surface area contributed by atoms with E-state index in [0.717, 1.165) is 0 Å². The predicted octanol–water partition coefficient (Wildman–Crippen LogP) is 1.31. The zero-order chi connectivity index (χ0) is 17.5. The molecule has 2 rings (SSSR count). The maximum absolute atomic E-state index is 12.3. The Kier molecular flexibility index (Phi) is 5.78. The number of carboxylic acids is 1. The molecule has 0 bridgehead atoms. The van der Waals surface area contributed by atoms with Gasteiger partial charge < -0.3 is 24.7 Å². The van der Waals surface area contributed by atoms with Gasteiger partial charge in [0.15, 0.2) is 11.5 Å². The van der Waals surface area contributed by atoms with E-state index in [1.807, 2.05) is 0 Å². The van der Waals surface area contributed by atoms with Crippen molar-refractivity contribution >= 4 is 11.9 Å². The molecule has 0 aromatic heterocycles. The second kappa shape index (κ2) is 8.01. The SMILES string of the molecule is COc1ccc([C@H](CC(=O)[O-])NC(=O)c2ccccc2)cc1OC. The summed E-state index contributed by atoms with van der Waals surface area (Å²) in [5.74, 6) is -0.657. The van der Waals surface area contributed by atoms with Gasteiger partial charge in [0, 0.05) is 18.0 Å². The lowest BCUT2D eigenvalue weighted by Gasteiger charge is -2.21. The van der Waals surface area contributed by atoms with Crippen LogP contribution in [-0.2, 0) is 4.79 Å². The van der Waals surface area contributed by atoms with Gasteiger partial charge >= 0.3 is 0 Å². The van der Waals surface area contributed by atoms with Crippen LogP contribution >= 0.6 is 0 Å². The first-order chi connectivity index (χ1) is 11.5. The minimum absolute atomic E-state index is 0.353. The quantitative estimate of drug-likeness (QED) is 0.828. The number of benzene rings is 2. The van der Waals surface area contributed by atoms with Gasteiger partial charge in [-0.1, -0.05) is 24.3 Å². The Labute approximate surface area is 140 Å². The van der Waals surface area contributed by atoms with Crippen molar-refractivity contribution in [3.05, 3.63) is 59.7 Å². The second-order valence-corrected chi connectivity index (χ2v) is 5.08. The molecule has 0 fully saturated rings. The highest BCUT2D eigenvalue weighted by Crippen LogP contribution is 2.31. The number of hydrogen-bond acceptors (Lipinski definition) is 5. The number of nitrogens with one attached hydrogen (secondary N) is 1. The number of carboxylic acid groups (broad SMARTS) is 1. The monoisotopic (exact) mass is 328 g/mol. The van der Waals surface area contributed by atoms with E-state index in [1.165, 1.54) is 14.2 Å². The molecule has 0 saturated carbocycles. The molecule has 0 radical (unpaired) electrons. The van der Waals surface area contributed by atoms with E-state index in [4.69, 9.17) is 9.47 Å². The molecule has 0 aliphatic rings. The van der Waals surface area contributed by atoms with Gasteiger partial charge in [0.1, 0.15) is 0 Å². The molecule has 1 atom stereocenters. The highest BCUT2D eigenvalue weighted by molar-refractivity contribution is 5.94. The van der Waals surface area contributed by atoms with Crippen LogP contribution in [0.25, 0.3) is 0 Å². The fraction of sp³-hybridized carbons (Fsp3) is 0.222. The topological polar surface area (TPSA) is 87.7 Å². The smallest absolute Gasteiger partial charge is 0.251 e. The third kappa shape index (κ3) is 4.25. The maximum Gasteiger partial charge on any atom is 0.251 e. The number of rotatable bonds is 7. The van der Waals surface area contributed by atoms with Gasteiger partial charge in [-0.3, -0.25) is 4.79 Å². The molecule has 2 aromatic carbocycles. The van der Waals surface area contributed by atoms with Gasteiger partial charge in [-0.2, -0.15) is 0 Å². The Balaban J connectivity index is 2.28. The molecule has 0 unspecified atom stereocenters. The first-order valence-corrected chi connectivity index (χ1v) is 7.32. The van der Waals surface area contributed by atoms with Crippen LogP contribution in [0.4, 0.5) is 0 Å². The van der Waals surface area contributed by atoms with Crippen molar-refractivity contribution in [1.29, 1.82) is 0 Å². The summed E-state index contributed by atoms with van der Waals surface area (Å²) in [6.07, 6.45) is -0.353. The van der Waals surface area contributed by atoms with Crippen LogP contribution in [0.1, 0.15) is 28.4 Å². The van der Waals surface area contributed by atoms with Crippen molar-refractivity contribution in [2.45, 2.75) is 12.5 Å². The van der Waals surface area contributed by atoms with Crippen LogP contribution in [0.15, 0.2) is 48.5 Å². The van der Waals surface area contributed by atoms with Crippen LogP contribution in [-0.4, -0.2) is 26.1 Å². The van der Waals surface area contributed by atoms with Crippen LogP contribution in [0.2, 0.25) is 0 Å². The molecule has 0 spiro atoms. The summed E-state index contributed by atoms with van der Waals surface area (Å²) in [7, 11) is 2.99. The lowest BCUT2D eigenvalue weighted by Crippen LogP contribution is -2.34. The average Bonchev–Trinajstić information content (AvgIpc) is 2.60. The first-order valence-electron chi connectivity index (χ1n) is 7.32. The van der Waals surface area contributed by atoms with E-state index < -0.39 is 12.0 Å². The number of hydrogen-bond donors (Lipinski definition) is 1. The Morgan fingerprint density at radius 1 is 1.04 bits per heavy atom. The number of carbonyl (C=O) groups is 2. The van der Waals surface area contributed by atoms with Gasteiger partial charge in [-0.05, 0) is 29.8 Å². The Morgan fingerprint density at radius 3 is 2.29 bits per heavy atom. The predicted molar refractivity (Wildman–Crippen MR) is 85.8 cm³/mol. The molecular formula is C18H18NO5-. The summed E-state index contributed by atoms with van der Waals surface area (Å²) in [4.78, 5) is 23.4. The standard InChI is InChI=1S/C18H19NO5/c1-23-15-9-8-13(10-16(15)24-2)14(11-17(20)21)19-18(22)12-6-4-3-5-7-12/h3-10,14H,11H2,1-2H3,(H,19,22)(H,20,21)/p-1/t14-/m0/s1. The zero-order valence-electron chi connectivity index (χ0n) is 13.4. The van der Waals surface area contributed by atoms with Gasteiger partial charge in [0.05, 0.1) is 20.3 Å². The van der Waals surface area contributed by atoms with Crippen LogP contribution in [0, 0.1) is 0 Å². The Bertz CT molecular complexity index is 715. The van der Waals surface area contributed by atoms with E-state index in [9.17, 15) is 14.7 Å². The average molecular weight is 328 g/mol. The summed E-state index contributed by atoms with van der Waals surface area (Å²) < 4.78 is 10.4. The summed E-state index contributed by atoms with van der Waals surface area (Å²) in [6.45, 7) is 0. The molecule has 0 heterocycles. The number of ether oxygens (including phenoxy) is 2. The molecule has 0 saturated heterocycles. The van der Waals surface area contributed by atoms with E-state index >= 15 is 0 Å². The van der Waals surface area contributed by atoms with Crippen molar-refractivity contribution in [3.8, 4) is 11.5 Å². The lowest BCUT2D eigenvalue weighted by molar-refractivity contribution is -0.306. The molecule has 6 heteroatoms. The summed E-state index contributed by atoms with van der Waals surface area (Å²) in [6, 6.07) is 12.8. The Hall–Kier alpha value is -3.02. The minimum atomic E-state index is -1.26. The zero-order valence-corrected chi connectivity index (χ0v) is 13.4. The van der Waals surface area contributed by atoms with Crippen molar-refractivity contribution < 1.29 is 24.2 Å². The summed E-state index contributed by atoms with van der Waals surface area (Å²) in [5, 5.41) is 13.8. The largest absolute Gasteiger partial charge is 0.550 e. The molecule has 1 amide bonds. The van der Waals surface area contributed by atoms with E-state index in [1.54, 1.807) is 48.5 Å². The highest BCUT2D eigenvalue weighted by atomic mass is 16.5. The molecule has 0 aliphatic carbocycles. The molecule has 6 nitrogen and oxygen atoms in total. The normalized spacial score (nSPS) is 11.4. The fourth-order valence-corrected chi connectivity index (χ4v) is 2.32. The van der Waals surface area contributed by atoms with Gasteiger partial charge in [-0.15, -0.1) is 0 Å². The number of aliphatic carboxylic acids is 1. The third-order valence-electron chi connectivity index (χ3n) is 3.52. The molecule has 2 aromatic rings. The lowest BCUT2D eigenvalue weighted by atomic mass is 10.0. The highest BCUT2D eigenvalue weighted by Gasteiger charge is 2.18. The van der Waals surface area contributed by atoms with Gasteiger partial charge in [0.25, 0.3) is 5.91 Å². The van der Waals surface area contributed by atoms with E-state index in [0.29, 0.717) is 22.6 Å².